The summed E-state index contributed by atoms with van der Waals surface area (Å²) in [6.45, 7) is 4.01. The van der Waals surface area contributed by atoms with Gasteiger partial charge in [0.15, 0.2) is 0 Å². The van der Waals surface area contributed by atoms with Crippen LogP contribution in [0.5, 0.6) is 0 Å². The summed E-state index contributed by atoms with van der Waals surface area (Å²) in [7, 11) is 0. The monoisotopic (exact) mass is 201 g/mol. The third-order valence-electron chi connectivity index (χ3n) is 2.14. The molecule has 0 spiro atoms. The molecular weight excluding hydrogens is 190 g/mol. The van der Waals surface area contributed by atoms with Crippen molar-refractivity contribution >= 4 is 16.8 Å². The number of nitrogens with zero attached hydrogens (tertiary/aromatic N) is 1. The number of hydrogen-bond acceptors (Lipinski definition) is 2. The molecule has 0 aliphatic heterocycles. The van der Waals surface area contributed by atoms with E-state index in [1.807, 2.05) is 12.1 Å². The van der Waals surface area contributed by atoms with Gasteiger partial charge in [0.2, 0.25) is 0 Å². The first-order valence-electron chi connectivity index (χ1n) is 4.64. The minimum Gasteiger partial charge on any atom is -0.349 e. The fraction of sp³-hybridized carbons (Fsp3) is 0.0909. The number of H-pyrrole nitrogens is 1. The molecular formula is C11H11N3O. The van der Waals surface area contributed by atoms with Crippen molar-refractivity contribution in [3.05, 3.63) is 42.6 Å². The lowest BCUT2D eigenvalue weighted by Gasteiger charge is -2.02. The Hall–Kier alpha value is -2.10. The molecule has 1 aromatic carbocycles. The van der Waals surface area contributed by atoms with E-state index >= 15 is 0 Å². The maximum absolute atomic E-state index is 11.7. The van der Waals surface area contributed by atoms with Crippen molar-refractivity contribution in [3.63, 3.8) is 0 Å². The standard InChI is InChI=1S/C11H11N3O/c1-2-6-12-11(15)8-4-3-5-10-9(8)7-13-14-10/h2-5,7H,1,6H2,(H,12,15)(H,13,14). The van der Waals surface area contributed by atoms with Gasteiger partial charge in [0.25, 0.3) is 5.91 Å². The highest BCUT2D eigenvalue weighted by Crippen LogP contribution is 2.15. The molecule has 2 N–H and O–H groups in total. The van der Waals surface area contributed by atoms with E-state index in [0.29, 0.717) is 12.1 Å². The Kier molecular flexibility index (Phi) is 2.49. The molecule has 4 heteroatoms. The van der Waals surface area contributed by atoms with E-state index in [1.54, 1.807) is 18.3 Å². The molecule has 0 atom stereocenters. The molecule has 4 nitrogen and oxygen atoms in total. The van der Waals surface area contributed by atoms with E-state index < -0.39 is 0 Å². The third-order valence-corrected chi connectivity index (χ3v) is 2.14. The first-order chi connectivity index (χ1) is 7.33. The molecule has 1 aromatic heterocycles. The van der Waals surface area contributed by atoms with Crippen molar-refractivity contribution in [3.8, 4) is 0 Å². The summed E-state index contributed by atoms with van der Waals surface area (Å²) in [6.07, 6.45) is 3.30. The summed E-state index contributed by atoms with van der Waals surface area (Å²) < 4.78 is 0. The molecule has 1 heterocycles. The summed E-state index contributed by atoms with van der Waals surface area (Å²) in [6, 6.07) is 5.48. The Labute approximate surface area is 87.0 Å². The maximum atomic E-state index is 11.7. The molecule has 0 saturated carbocycles. The summed E-state index contributed by atoms with van der Waals surface area (Å²) in [4.78, 5) is 11.7. The summed E-state index contributed by atoms with van der Waals surface area (Å²) in [5.41, 5.74) is 1.49. The highest BCUT2D eigenvalue weighted by Gasteiger charge is 2.09. The van der Waals surface area contributed by atoms with Gasteiger partial charge in [-0.1, -0.05) is 12.1 Å². The Balaban J connectivity index is 2.38. The smallest absolute Gasteiger partial charge is 0.252 e. The van der Waals surface area contributed by atoms with Crippen LogP contribution < -0.4 is 5.32 Å². The van der Waals surface area contributed by atoms with Gasteiger partial charge in [0.1, 0.15) is 0 Å². The Bertz CT molecular complexity index is 501. The van der Waals surface area contributed by atoms with Crippen LogP contribution in [0, 0.1) is 0 Å². The number of hydrogen-bond donors (Lipinski definition) is 2. The number of rotatable bonds is 3. The van der Waals surface area contributed by atoms with E-state index in [2.05, 4.69) is 22.1 Å². The highest BCUT2D eigenvalue weighted by atomic mass is 16.1. The number of nitrogens with one attached hydrogen (secondary N) is 2. The van der Waals surface area contributed by atoms with Gasteiger partial charge >= 0.3 is 0 Å². The molecule has 0 unspecified atom stereocenters. The van der Waals surface area contributed by atoms with Gasteiger partial charge in [0.05, 0.1) is 17.3 Å². The topological polar surface area (TPSA) is 57.8 Å². The van der Waals surface area contributed by atoms with Gasteiger partial charge in [-0.05, 0) is 12.1 Å². The van der Waals surface area contributed by atoms with Gasteiger partial charge in [-0.15, -0.1) is 6.58 Å². The number of carbonyl (C=O) groups excluding carboxylic acids is 1. The van der Waals surface area contributed by atoms with Crippen LogP contribution in [-0.2, 0) is 0 Å². The van der Waals surface area contributed by atoms with Crippen LogP contribution in [-0.4, -0.2) is 22.6 Å². The van der Waals surface area contributed by atoms with Crippen LogP contribution in [0.4, 0.5) is 0 Å². The quantitative estimate of drug-likeness (QED) is 0.739. The first-order valence-corrected chi connectivity index (χ1v) is 4.64. The number of fused-ring (bicyclic) bond motifs is 1. The van der Waals surface area contributed by atoms with Crippen molar-refractivity contribution in [2.24, 2.45) is 0 Å². The average molecular weight is 201 g/mol. The molecule has 76 valence electrons. The second kappa shape index (κ2) is 3.96. The number of amides is 1. The lowest BCUT2D eigenvalue weighted by molar-refractivity contribution is 0.0959. The molecule has 0 bridgehead atoms. The largest absolute Gasteiger partial charge is 0.349 e. The van der Waals surface area contributed by atoms with Crippen LogP contribution in [0.15, 0.2) is 37.1 Å². The molecule has 0 radical (unpaired) electrons. The van der Waals surface area contributed by atoms with Gasteiger partial charge in [-0.25, -0.2) is 0 Å². The predicted octanol–water partition coefficient (Wildman–Crippen LogP) is 1.48. The van der Waals surface area contributed by atoms with Crippen LogP contribution in [0.25, 0.3) is 10.9 Å². The van der Waals surface area contributed by atoms with Crippen LogP contribution in [0.2, 0.25) is 0 Å². The van der Waals surface area contributed by atoms with Crippen LogP contribution >= 0.6 is 0 Å². The van der Waals surface area contributed by atoms with Crippen molar-refractivity contribution in [1.82, 2.24) is 15.5 Å². The average Bonchev–Trinajstić information content (AvgIpc) is 2.73. The second-order valence-corrected chi connectivity index (χ2v) is 3.14. The summed E-state index contributed by atoms with van der Waals surface area (Å²) in [5.74, 6) is -0.109. The molecule has 0 fully saturated rings. The fourth-order valence-electron chi connectivity index (χ4n) is 1.43. The van der Waals surface area contributed by atoms with E-state index in [-0.39, 0.29) is 5.91 Å². The van der Waals surface area contributed by atoms with Gasteiger partial charge in [-0.2, -0.15) is 5.10 Å². The lowest BCUT2D eigenvalue weighted by Crippen LogP contribution is -2.23. The summed E-state index contributed by atoms with van der Waals surface area (Å²) >= 11 is 0. The van der Waals surface area contributed by atoms with E-state index in [9.17, 15) is 4.79 Å². The highest BCUT2D eigenvalue weighted by molar-refractivity contribution is 6.06. The fourth-order valence-corrected chi connectivity index (χ4v) is 1.43. The van der Waals surface area contributed by atoms with Crippen molar-refractivity contribution in [2.75, 3.05) is 6.54 Å². The Morgan fingerprint density at radius 3 is 3.27 bits per heavy atom. The van der Waals surface area contributed by atoms with Gasteiger partial charge in [-0.3, -0.25) is 9.89 Å². The van der Waals surface area contributed by atoms with Gasteiger partial charge < -0.3 is 5.32 Å². The van der Waals surface area contributed by atoms with E-state index in [0.717, 1.165) is 10.9 Å². The zero-order valence-corrected chi connectivity index (χ0v) is 8.16. The van der Waals surface area contributed by atoms with E-state index in [4.69, 9.17) is 0 Å². The minimum atomic E-state index is -0.109. The third kappa shape index (κ3) is 1.74. The zero-order valence-electron chi connectivity index (χ0n) is 8.16. The van der Waals surface area contributed by atoms with Crippen LogP contribution in [0.1, 0.15) is 10.4 Å². The number of aromatic amines is 1. The molecule has 1 amide bonds. The number of aromatic nitrogens is 2. The zero-order chi connectivity index (χ0) is 10.7. The Morgan fingerprint density at radius 2 is 2.47 bits per heavy atom. The van der Waals surface area contributed by atoms with Crippen molar-refractivity contribution in [1.29, 1.82) is 0 Å². The summed E-state index contributed by atoms with van der Waals surface area (Å²) in [5, 5.41) is 10.3. The normalized spacial score (nSPS) is 10.1. The second-order valence-electron chi connectivity index (χ2n) is 3.14. The maximum Gasteiger partial charge on any atom is 0.252 e. The van der Waals surface area contributed by atoms with E-state index in [1.165, 1.54) is 0 Å². The van der Waals surface area contributed by atoms with Crippen molar-refractivity contribution < 1.29 is 4.79 Å². The molecule has 0 saturated heterocycles. The Morgan fingerprint density at radius 1 is 1.60 bits per heavy atom. The molecule has 0 aliphatic carbocycles. The van der Waals surface area contributed by atoms with Gasteiger partial charge in [0, 0.05) is 11.9 Å². The molecule has 2 aromatic rings. The van der Waals surface area contributed by atoms with Crippen molar-refractivity contribution in [2.45, 2.75) is 0 Å². The van der Waals surface area contributed by atoms with Crippen LogP contribution in [0.3, 0.4) is 0 Å². The minimum absolute atomic E-state index is 0.109. The molecule has 0 aliphatic rings. The molecule has 2 rings (SSSR count). The SMILES string of the molecule is C=CCNC(=O)c1cccc2[nH]ncc12. The molecule has 15 heavy (non-hydrogen) atoms. The predicted molar refractivity (Wildman–Crippen MR) is 58.6 cm³/mol. The number of benzene rings is 1. The lowest BCUT2D eigenvalue weighted by atomic mass is 10.1. The first kappa shape index (κ1) is 9.45. The number of carbonyl (C=O) groups is 1.